The van der Waals surface area contributed by atoms with Gasteiger partial charge in [0.15, 0.2) is 0 Å². The van der Waals surface area contributed by atoms with Crippen molar-refractivity contribution < 1.29 is 14.0 Å². The van der Waals surface area contributed by atoms with Crippen molar-refractivity contribution in [1.29, 1.82) is 0 Å². The monoisotopic (exact) mass is 492 g/mol. The number of hydrogen-bond donors (Lipinski definition) is 1. The molecule has 0 radical (unpaired) electrons. The van der Waals surface area contributed by atoms with E-state index in [4.69, 9.17) is 11.6 Å². The summed E-state index contributed by atoms with van der Waals surface area (Å²) in [7, 11) is 0. The molecule has 3 aromatic rings. The number of rotatable bonds is 5. The van der Waals surface area contributed by atoms with Crippen LogP contribution in [0, 0.1) is 11.7 Å². The van der Waals surface area contributed by atoms with Crippen molar-refractivity contribution in [3.63, 3.8) is 0 Å². The van der Waals surface area contributed by atoms with Gasteiger partial charge in [-0.05, 0) is 54.7 Å². The van der Waals surface area contributed by atoms with Gasteiger partial charge in [-0.15, -0.1) is 0 Å². The van der Waals surface area contributed by atoms with Gasteiger partial charge in [-0.3, -0.25) is 4.79 Å². The van der Waals surface area contributed by atoms with Crippen LogP contribution in [-0.2, 0) is 4.79 Å². The first-order valence-electron chi connectivity index (χ1n) is 11.7. The number of amides is 2. The van der Waals surface area contributed by atoms with Crippen LogP contribution in [0.4, 0.5) is 14.9 Å². The number of nitrogens with one attached hydrogen (secondary N) is 1. The van der Waals surface area contributed by atoms with Crippen LogP contribution in [0.15, 0.2) is 61.1 Å². The molecule has 0 spiro atoms. The van der Waals surface area contributed by atoms with Gasteiger partial charge >= 0.3 is 6.03 Å². The number of carbonyl (C=O) groups excluding carboxylic acids is 2. The summed E-state index contributed by atoms with van der Waals surface area (Å²) >= 11 is 5.80. The molecule has 1 aromatic heterocycles. The summed E-state index contributed by atoms with van der Waals surface area (Å²) in [5, 5.41) is 2.71. The lowest BCUT2D eigenvalue weighted by molar-refractivity contribution is -0.124. The van der Waals surface area contributed by atoms with Gasteiger partial charge in [0.25, 0.3) is 0 Å². The number of anilines is 1. The van der Waals surface area contributed by atoms with Crippen molar-refractivity contribution in [2.75, 3.05) is 18.4 Å². The zero-order valence-corrected chi connectivity index (χ0v) is 20.1. The number of carbonyl (C=O) groups is 2. The molecule has 1 atom stereocenters. The van der Waals surface area contributed by atoms with Gasteiger partial charge in [-0.1, -0.05) is 41.9 Å². The van der Waals surface area contributed by atoms with Gasteiger partial charge in [-0.25, -0.2) is 14.2 Å². The molecule has 180 valence electrons. The van der Waals surface area contributed by atoms with Crippen LogP contribution in [-0.4, -0.2) is 39.4 Å². The highest BCUT2D eigenvalue weighted by molar-refractivity contribution is 6.31. The molecule has 1 N–H and O–H groups in total. The van der Waals surface area contributed by atoms with Gasteiger partial charge in [0.2, 0.25) is 0 Å². The van der Waals surface area contributed by atoms with Gasteiger partial charge < -0.3 is 14.8 Å². The van der Waals surface area contributed by atoms with Crippen molar-refractivity contribution in [2.45, 2.75) is 32.2 Å². The van der Waals surface area contributed by atoms with Crippen molar-refractivity contribution >= 4 is 40.2 Å². The Labute approximate surface area is 208 Å². The van der Waals surface area contributed by atoms with Crippen LogP contribution in [0.25, 0.3) is 11.1 Å². The van der Waals surface area contributed by atoms with Gasteiger partial charge in [0, 0.05) is 31.1 Å². The summed E-state index contributed by atoms with van der Waals surface area (Å²) in [5.41, 5.74) is 4.94. The van der Waals surface area contributed by atoms with Crippen molar-refractivity contribution in [3.8, 4) is 0 Å². The topological polar surface area (TPSA) is 67.2 Å². The molecule has 0 aliphatic carbocycles. The Morgan fingerprint density at radius 3 is 2.60 bits per heavy atom. The molecule has 5 rings (SSSR count). The van der Waals surface area contributed by atoms with E-state index >= 15 is 0 Å². The Kier molecular flexibility index (Phi) is 6.43. The fraction of sp³-hybridized carbons (Fsp3) is 0.296. The van der Waals surface area contributed by atoms with Crippen molar-refractivity contribution in [2.24, 2.45) is 5.92 Å². The fourth-order valence-electron chi connectivity index (χ4n) is 5.14. The van der Waals surface area contributed by atoms with Crippen LogP contribution in [0.1, 0.15) is 43.5 Å². The minimum atomic E-state index is -0.533. The maximum absolute atomic E-state index is 13.4. The quantitative estimate of drug-likeness (QED) is 0.470. The van der Waals surface area contributed by atoms with E-state index in [1.165, 1.54) is 23.8 Å². The molecular weight excluding hydrogens is 467 g/mol. The van der Waals surface area contributed by atoms with Gasteiger partial charge in [0.1, 0.15) is 11.6 Å². The minimum Gasteiger partial charge on any atom is -0.324 e. The van der Waals surface area contributed by atoms with E-state index in [0.29, 0.717) is 38.0 Å². The van der Waals surface area contributed by atoms with Crippen LogP contribution >= 0.6 is 11.6 Å². The Morgan fingerprint density at radius 1 is 1.14 bits per heavy atom. The summed E-state index contributed by atoms with van der Waals surface area (Å²) in [4.78, 5) is 32.0. The number of allylic oxidation sites excluding steroid dienone is 2. The number of likely N-dealkylation sites (tertiary alicyclic amines) is 1. The molecule has 8 heteroatoms. The molecule has 0 saturated carbocycles. The zero-order valence-electron chi connectivity index (χ0n) is 19.4. The normalized spacial score (nSPS) is 18.0. The van der Waals surface area contributed by atoms with E-state index in [0.717, 1.165) is 16.8 Å². The molecule has 2 amide bonds. The fourth-order valence-corrected chi connectivity index (χ4v) is 5.32. The summed E-state index contributed by atoms with van der Waals surface area (Å²) in [5.74, 6) is -0.415. The average Bonchev–Trinajstić information content (AvgIpc) is 3.45. The lowest BCUT2D eigenvalue weighted by Gasteiger charge is -2.32. The third-order valence-corrected chi connectivity index (χ3v) is 7.30. The molecule has 35 heavy (non-hydrogen) atoms. The Balaban J connectivity index is 1.23. The van der Waals surface area contributed by atoms with E-state index < -0.39 is 5.82 Å². The molecule has 0 bridgehead atoms. The summed E-state index contributed by atoms with van der Waals surface area (Å²) in [6.45, 7) is 3.06. The lowest BCUT2D eigenvalue weighted by Crippen LogP contribution is -2.42. The smallest absolute Gasteiger partial charge is 0.321 e. The highest BCUT2D eigenvalue weighted by Gasteiger charge is 2.34. The molecule has 1 saturated heterocycles. The number of aromatic nitrogens is 2. The highest BCUT2D eigenvalue weighted by atomic mass is 35.5. The lowest BCUT2D eigenvalue weighted by atomic mass is 9.86. The van der Waals surface area contributed by atoms with Crippen LogP contribution < -0.4 is 5.32 Å². The third-order valence-electron chi connectivity index (χ3n) is 7.01. The first kappa shape index (κ1) is 23.3. The van der Waals surface area contributed by atoms with E-state index in [-0.39, 0.29) is 28.8 Å². The van der Waals surface area contributed by atoms with Crippen LogP contribution in [0.3, 0.4) is 0 Å². The summed E-state index contributed by atoms with van der Waals surface area (Å²) in [6, 6.07) is 13.9. The van der Waals surface area contributed by atoms with Crippen molar-refractivity contribution in [3.05, 3.63) is 83.2 Å². The molecule has 2 aromatic carbocycles. The Morgan fingerprint density at radius 2 is 1.89 bits per heavy atom. The number of ketones is 1. The molecule has 2 aliphatic rings. The molecular formula is C27H26ClFN4O2. The standard InChI is InChI=1S/C27H26ClFN4O2/c1-17-24-15-30-16-33(24)23(26(17)19-5-3-2-4-6-19)14-25(34)18-9-11-32(12-10-18)27(35)31-20-7-8-22(29)21(28)13-20/h2-8,13,15-16,18,23H,9-12,14H2,1H3,(H,31,35). The number of urea groups is 1. The molecule has 1 unspecified atom stereocenters. The largest absolute Gasteiger partial charge is 0.324 e. The summed E-state index contributed by atoms with van der Waals surface area (Å²) < 4.78 is 15.5. The maximum atomic E-state index is 13.4. The number of imidazole rings is 1. The molecule has 3 heterocycles. The number of Topliss-reactive ketones (excluding diaryl/α,β-unsaturated/α-hetero) is 1. The predicted molar refractivity (Wildman–Crippen MR) is 135 cm³/mol. The van der Waals surface area contributed by atoms with E-state index in [9.17, 15) is 14.0 Å². The summed E-state index contributed by atoms with van der Waals surface area (Å²) in [6.07, 6.45) is 5.29. The number of fused-ring (bicyclic) bond motifs is 1. The Bertz CT molecular complexity index is 1300. The Hall–Kier alpha value is -3.45. The highest BCUT2D eigenvalue weighted by Crippen LogP contribution is 2.44. The number of benzene rings is 2. The average molecular weight is 493 g/mol. The molecule has 6 nitrogen and oxygen atoms in total. The predicted octanol–water partition coefficient (Wildman–Crippen LogP) is 6.06. The SMILES string of the molecule is CC1=C(c2ccccc2)C(CC(=O)C2CCN(C(=O)Nc3ccc(F)c(Cl)c3)CC2)n2cncc21. The van der Waals surface area contributed by atoms with Crippen LogP contribution in [0.5, 0.6) is 0 Å². The maximum Gasteiger partial charge on any atom is 0.321 e. The second-order valence-electron chi connectivity index (χ2n) is 9.10. The first-order chi connectivity index (χ1) is 16.9. The number of piperidine rings is 1. The van der Waals surface area contributed by atoms with Crippen LogP contribution in [0.2, 0.25) is 5.02 Å². The van der Waals surface area contributed by atoms with E-state index in [1.807, 2.05) is 24.4 Å². The van der Waals surface area contributed by atoms with E-state index in [2.05, 4.69) is 33.9 Å². The second-order valence-corrected chi connectivity index (χ2v) is 9.50. The van der Waals surface area contributed by atoms with Gasteiger partial charge in [0.05, 0.1) is 29.3 Å². The third kappa shape index (κ3) is 4.60. The second kappa shape index (κ2) is 9.66. The van der Waals surface area contributed by atoms with E-state index in [1.54, 1.807) is 11.2 Å². The zero-order chi connectivity index (χ0) is 24.5. The number of hydrogen-bond acceptors (Lipinski definition) is 3. The molecule has 1 fully saturated rings. The number of nitrogens with zero attached hydrogens (tertiary/aromatic N) is 3. The first-order valence-corrected chi connectivity index (χ1v) is 12.1. The minimum absolute atomic E-state index is 0.0424. The van der Waals surface area contributed by atoms with Crippen molar-refractivity contribution in [1.82, 2.24) is 14.5 Å². The number of halogens is 2. The van der Waals surface area contributed by atoms with Gasteiger partial charge in [-0.2, -0.15) is 0 Å². The molecule has 2 aliphatic heterocycles.